The van der Waals surface area contributed by atoms with Gasteiger partial charge in [0.05, 0.1) is 0 Å². The quantitative estimate of drug-likeness (QED) is 0.565. The van der Waals surface area contributed by atoms with E-state index in [4.69, 9.17) is 5.11 Å². The Morgan fingerprint density at radius 3 is 2.36 bits per heavy atom. The van der Waals surface area contributed by atoms with Crippen molar-refractivity contribution < 1.29 is 5.11 Å². The second-order valence-corrected chi connectivity index (χ2v) is 2.80. The van der Waals surface area contributed by atoms with Crippen molar-refractivity contribution in [1.82, 2.24) is 0 Å². The van der Waals surface area contributed by atoms with Crippen molar-refractivity contribution in [3.05, 3.63) is 20.4 Å². The summed E-state index contributed by atoms with van der Waals surface area (Å²) in [5.74, 6) is -0.401. The van der Waals surface area contributed by atoms with Crippen LogP contribution < -0.4 is 16.2 Å². The van der Waals surface area contributed by atoms with Crippen LogP contribution in [0.15, 0.2) is 9.59 Å². The zero-order valence-electron chi connectivity index (χ0n) is 5.76. The highest BCUT2D eigenvalue weighted by Gasteiger charge is 2.27. The third kappa shape index (κ3) is 0.824. The largest absolute Gasteiger partial charge is 0.502 e. The van der Waals surface area contributed by atoms with Crippen molar-refractivity contribution in [2.24, 2.45) is 0 Å². The number of hydrogen-bond donors (Lipinski definition) is 2. The molecule has 0 spiro atoms. The molecular weight excluding hydrogens is 146 g/mol. The first-order chi connectivity index (χ1) is 5.20. The normalized spacial score (nSPS) is 17.1. The topological polar surface area (TPSA) is 66.4 Å². The molecule has 2 rings (SSSR count). The summed E-state index contributed by atoms with van der Waals surface area (Å²) in [6.45, 7) is 0. The molecule has 1 saturated carbocycles. The van der Waals surface area contributed by atoms with E-state index in [-0.39, 0.29) is 5.69 Å². The van der Waals surface area contributed by atoms with Crippen molar-refractivity contribution in [3.8, 4) is 5.75 Å². The first kappa shape index (κ1) is 6.39. The zero-order valence-corrected chi connectivity index (χ0v) is 5.76. The fraction of sp³-hybridized carbons (Fsp3) is 0.429. The summed E-state index contributed by atoms with van der Waals surface area (Å²) in [5.41, 5.74) is -1.25. The molecule has 1 aromatic rings. The second kappa shape index (κ2) is 1.84. The lowest BCUT2D eigenvalue weighted by Crippen LogP contribution is -2.33. The SMILES string of the molecule is O=c1c(O)c(NC2CC2)c1=O. The number of aromatic hydroxyl groups is 1. The van der Waals surface area contributed by atoms with E-state index in [1.165, 1.54) is 0 Å². The van der Waals surface area contributed by atoms with Gasteiger partial charge in [-0.25, -0.2) is 0 Å². The van der Waals surface area contributed by atoms with Gasteiger partial charge in [-0.1, -0.05) is 0 Å². The highest BCUT2D eigenvalue weighted by atomic mass is 16.3. The second-order valence-electron chi connectivity index (χ2n) is 2.80. The van der Waals surface area contributed by atoms with Crippen LogP contribution in [0.5, 0.6) is 5.75 Å². The maximum absolute atomic E-state index is 10.7. The van der Waals surface area contributed by atoms with Crippen molar-refractivity contribution >= 4 is 5.69 Å². The molecule has 1 aliphatic rings. The molecule has 0 saturated heterocycles. The summed E-state index contributed by atoms with van der Waals surface area (Å²) in [6.07, 6.45) is 2.02. The summed E-state index contributed by atoms with van der Waals surface area (Å²) >= 11 is 0. The van der Waals surface area contributed by atoms with Crippen LogP contribution in [0.1, 0.15) is 12.8 Å². The van der Waals surface area contributed by atoms with Gasteiger partial charge in [0.15, 0.2) is 5.75 Å². The minimum atomic E-state index is -0.770. The van der Waals surface area contributed by atoms with E-state index in [2.05, 4.69) is 5.32 Å². The van der Waals surface area contributed by atoms with Crippen LogP contribution in [0.2, 0.25) is 0 Å². The molecule has 0 aromatic heterocycles. The Morgan fingerprint density at radius 2 is 1.91 bits per heavy atom. The minimum absolute atomic E-state index is 0.109. The predicted molar refractivity (Wildman–Crippen MR) is 39.7 cm³/mol. The van der Waals surface area contributed by atoms with Gasteiger partial charge in [-0.15, -0.1) is 0 Å². The van der Waals surface area contributed by atoms with Crippen LogP contribution in [0.3, 0.4) is 0 Å². The number of rotatable bonds is 2. The molecule has 0 amide bonds. The Morgan fingerprint density at radius 1 is 1.27 bits per heavy atom. The fourth-order valence-electron chi connectivity index (χ4n) is 0.945. The van der Waals surface area contributed by atoms with Gasteiger partial charge in [0.2, 0.25) is 0 Å². The number of anilines is 1. The molecule has 1 aliphatic carbocycles. The molecule has 4 nitrogen and oxygen atoms in total. The Balaban J connectivity index is 2.25. The van der Waals surface area contributed by atoms with Gasteiger partial charge in [-0.05, 0) is 12.8 Å². The lowest BCUT2D eigenvalue weighted by molar-refractivity contribution is 0.465. The molecule has 1 fully saturated rings. The Hall–Kier alpha value is -1.32. The third-order valence-corrected chi connectivity index (χ3v) is 1.81. The highest BCUT2D eigenvalue weighted by molar-refractivity contribution is 5.61. The van der Waals surface area contributed by atoms with Crippen LogP contribution in [-0.2, 0) is 0 Å². The summed E-state index contributed by atoms with van der Waals surface area (Å²) < 4.78 is 0. The van der Waals surface area contributed by atoms with Crippen molar-refractivity contribution in [2.75, 3.05) is 5.32 Å². The van der Waals surface area contributed by atoms with Gasteiger partial charge in [-0.2, -0.15) is 0 Å². The van der Waals surface area contributed by atoms with Gasteiger partial charge in [0.1, 0.15) is 5.69 Å². The van der Waals surface area contributed by atoms with Crippen molar-refractivity contribution in [2.45, 2.75) is 18.9 Å². The van der Waals surface area contributed by atoms with E-state index in [0.29, 0.717) is 6.04 Å². The molecule has 58 valence electrons. The lowest BCUT2D eigenvalue weighted by Gasteiger charge is -2.06. The van der Waals surface area contributed by atoms with E-state index in [0.717, 1.165) is 12.8 Å². The van der Waals surface area contributed by atoms with E-state index in [9.17, 15) is 9.59 Å². The molecule has 0 bridgehead atoms. The van der Waals surface area contributed by atoms with Crippen molar-refractivity contribution in [3.63, 3.8) is 0 Å². The van der Waals surface area contributed by atoms with E-state index < -0.39 is 16.6 Å². The minimum Gasteiger partial charge on any atom is -0.502 e. The van der Waals surface area contributed by atoms with Crippen LogP contribution in [-0.4, -0.2) is 11.1 Å². The van der Waals surface area contributed by atoms with Gasteiger partial charge < -0.3 is 10.4 Å². The lowest BCUT2D eigenvalue weighted by atomic mass is 10.2. The van der Waals surface area contributed by atoms with Crippen LogP contribution in [0.25, 0.3) is 0 Å². The van der Waals surface area contributed by atoms with Crippen LogP contribution >= 0.6 is 0 Å². The predicted octanol–water partition coefficient (Wildman–Crippen LogP) is -0.438. The van der Waals surface area contributed by atoms with E-state index in [1.807, 2.05) is 0 Å². The Labute approximate surface area is 62.2 Å². The van der Waals surface area contributed by atoms with Gasteiger partial charge in [0.25, 0.3) is 10.9 Å². The third-order valence-electron chi connectivity index (χ3n) is 1.81. The smallest absolute Gasteiger partial charge is 0.271 e. The summed E-state index contributed by atoms with van der Waals surface area (Å²) in [5, 5.41) is 11.6. The Kier molecular flexibility index (Phi) is 1.07. The standard InChI is InChI=1S/C7H7NO3/c9-5-4(6(10)7(5)11)8-3-1-2-3/h3,8-9H,1-2H2. The van der Waals surface area contributed by atoms with E-state index >= 15 is 0 Å². The molecule has 0 aliphatic heterocycles. The fourth-order valence-corrected chi connectivity index (χ4v) is 0.945. The molecule has 2 N–H and O–H groups in total. The van der Waals surface area contributed by atoms with Crippen LogP contribution in [0, 0.1) is 0 Å². The van der Waals surface area contributed by atoms with Crippen molar-refractivity contribution in [1.29, 1.82) is 0 Å². The summed E-state index contributed by atoms with van der Waals surface area (Å²) in [7, 11) is 0. The Bertz CT molecular complexity index is 358. The molecule has 11 heavy (non-hydrogen) atoms. The molecule has 0 heterocycles. The molecular formula is C7H7NO3. The first-order valence-corrected chi connectivity index (χ1v) is 3.49. The van der Waals surface area contributed by atoms with Crippen LogP contribution in [0.4, 0.5) is 5.69 Å². The first-order valence-electron chi connectivity index (χ1n) is 3.49. The molecule has 4 heteroatoms. The molecule has 0 unspecified atom stereocenters. The van der Waals surface area contributed by atoms with E-state index in [1.54, 1.807) is 0 Å². The van der Waals surface area contributed by atoms with Gasteiger partial charge >= 0.3 is 0 Å². The van der Waals surface area contributed by atoms with Gasteiger partial charge in [0, 0.05) is 6.04 Å². The maximum atomic E-state index is 10.7. The monoisotopic (exact) mass is 153 g/mol. The highest BCUT2D eigenvalue weighted by Crippen LogP contribution is 2.26. The maximum Gasteiger partial charge on any atom is 0.271 e. The van der Waals surface area contributed by atoms with Gasteiger partial charge in [-0.3, -0.25) is 9.59 Å². The summed E-state index contributed by atoms with van der Waals surface area (Å²) in [4.78, 5) is 21.2. The number of hydrogen-bond acceptors (Lipinski definition) is 4. The molecule has 0 radical (unpaired) electrons. The average molecular weight is 153 g/mol. The average Bonchev–Trinajstić information content (AvgIpc) is 2.81. The number of nitrogens with one attached hydrogen (secondary N) is 1. The summed E-state index contributed by atoms with van der Waals surface area (Å²) in [6, 6.07) is 0.296. The molecule has 1 aromatic carbocycles. The molecule has 0 atom stereocenters. The zero-order chi connectivity index (χ0) is 8.01.